The molecule has 33 heavy (non-hydrogen) atoms. The Bertz CT molecular complexity index is 1330. The van der Waals surface area contributed by atoms with E-state index in [0.29, 0.717) is 48.2 Å². The zero-order chi connectivity index (χ0) is 23.4. The summed E-state index contributed by atoms with van der Waals surface area (Å²) in [5.41, 5.74) is 8.25. The van der Waals surface area contributed by atoms with Crippen LogP contribution in [-0.4, -0.2) is 43.4 Å². The number of ether oxygens (including phenoxy) is 2. The van der Waals surface area contributed by atoms with E-state index in [0.717, 1.165) is 16.5 Å². The lowest BCUT2D eigenvalue weighted by molar-refractivity contribution is 0.0582. The number of aromatic nitrogens is 4. The Labute approximate surface area is 192 Å². The summed E-state index contributed by atoms with van der Waals surface area (Å²) in [6.07, 6.45) is 3.41. The van der Waals surface area contributed by atoms with E-state index in [1.165, 1.54) is 0 Å². The molecule has 0 fully saturated rings. The lowest BCUT2D eigenvalue weighted by Crippen LogP contribution is -2.27. The minimum atomic E-state index is -0.949. The van der Waals surface area contributed by atoms with Gasteiger partial charge in [0.1, 0.15) is 30.3 Å². The first-order chi connectivity index (χ1) is 15.9. The number of hydrogen-bond acceptors (Lipinski definition) is 7. The zero-order valence-electron chi connectivity index (χ0n) is 19.0. The molecule has 3 aromatic heterocycles. The summed E-state index contributed by atoms with van der Waals surface area (Å²) in [5.74, 6) is 7.65. The van der Waals surface area contributed by atoms with E-state index < -0.39 is 5.60 Å². The summed E-state index contributed by atoms with van der Waals surface area (Å²) in [7, 11) is 0. The number of aliphatic hydroxyl groups is 1. The number of nitrogens with two attached hydrogens (primary N) is 1. The second kappa shape index (κ2) is 9.45. The fourth-order valence-corrected chi connectivity index (χ4v) is 3.58. The third kappa shape index (κ3) is 5.22. The standard InChI is InChI=1S/C25H27N5O3/c1-4-32-15-21-29-22-23(30(21)16-25(2,3)31)19-10-9-18(13-20(19)28-24(22)26)33-12-6-8-17-7-5-11-27-14-17/h5,7,9-11,13-14,31H,4,12,15-16H2,1-3H3,(H2,26,28). The van der Waals surface area contributed by atoms with Crippen molar-refractivity contribution in [3.63, 3.8) is 0 Å². The van der Waals surface area contributed by atoms with Crippen LogP contribution in [0, 0.1) is 11.8 Å². The SMILES string of the molecule is CCOCc1nc2c(N)nc3cc(OCC#Cc4cccnc4)ccc3c2n1CC(C)(C)O. The smallest absolute Gasteiger partial charge is 0.152 e. The molecule has 1 aromatic carbocycles. The lowest BCUT2D eigenvalue weighted by atomic mass is 10.1. The van der Waals surface area contributed by atoms with Gasteiger partial charge in [0.25, 0.3) is 0 Å². The van der Waals surface area contributed by atoms with Crippen LogP contribution >= 0.6 is 0 Å². The average molecular weight is 446 g/mol. The highest BCUT2D eigenvalue weighted by molar-refractivity contribution is 6.07. The largest absolute Gasteiger partial charge is 0.481 e. The minimum absolute atomic E-state index is 0.229. The second-order valence-electron chi connectivity index (χ2n) is 8.27. The van der Waals surface area contributed by atoms with Crippen molar-refractivity contribution in [1.82, 2.24) is 19.5 Å². The molecular weight excluding hydrogens is 418 g/mol. The molecule has 0 radical (unpaired) electrons. The maximum atomic E-state index is 10.5. The fourth-order valence-electron chi connectivity index (χ4n) is 3.58. The molecule has 4 aromatic rings. The fraction of sp³-hybridized carbons (Fsp3) is 0.320. The number of hydrogen-bond donors (Lipinski definition) is 2. The van der Waals surface area contributed by atoms with Gasteiger partial charge in [0.15, 0.2) is 5.82 Å². The van der Waals surface area contributed by atoms with E-state index in [9.17, 15) is 5.11 Å². The van der Waals surface area contributed by atoms with E-state index in [4.69, 9.17) is 15.2 Å². The molecule has 0 bridgehead atoms. The van der Waals surface area contributed by atoms with Crippen molar-refractivity contribution in [1.29, 1.82) is 0 Å². The topological polar surface area (TPSA) is 108 Å². The summed E-state index contributed by atoms with van der Waals surface area (Å²) in [6.45, 7) is 6.89. The third-order valence-electron chi connectivity index (χ3n) is 4.94. The maximum Gasteiger partial charge on any atom is 0.152 e. The molecule has 0 unspecified atom stereocenters. The lowest BCUT2D eigenvalue weighted by Gasteiger charge is -2.20. The Morgan fingerprint density at radius 3 is 2.79 bits per heavy atom. The van der Waals surface area contributed by atoms with Crippen LogP contribution in [0.4, 0.5) is 5.82 Å². The molecule has 0 atom stereocenters. The second-order valence-corrected chi connectivity index (χ2v) is 8.27. The van der Waals surface area contributed by atoms with Gasteiger partial charge in [-0.1, -0.05) is 11.8 Å². The minimum Gasteiger partial charge on any atom is -0.481 e. The predicted molar refractivity (Wildman–Crippen MR) is 128 cm³/mol. The molecule has 3 N–H and O–H groups in total. The molecule has 0 aliphatic rings. The third-order valence-corrected chi connectivity index (χ3v) is 4.94. The van der Waals surface area contributed by atoms with Gasteiger partial charge < -0.3 is 24.9 Å². The number of nitrogens with zero attached hydrogens (tertiary/aromatic N) is 4. The Hall–Kier alpha value is -3.67. The van der Waals surface area contributed by atoms with Crippen molar-refractivity contribution in [2.45, 2.75) is 39.5 Å². The quantitative estimate of drug-likeness (QED) is 0.420. The summed E-state index contributed by atoms with van der Waals surface area (Å²) in [4.78, 5) is 13.3. The molecule has 8 heteroatoms. The first-order valence-corrected chi connectivity index (χ1v) is 10.8. The molecule has 0 amide bonds. The van der Waals surface area contributed by atoms with Gasteiger partial charge in [0.05, 0.1) is 23.2 Å². The van der Waals surface area contributed by atoms with Crippen molar-refractivity contribution in [3.05, 3.63) is 54.1 Å². The molecule has 0 saturated carbocycles. The summed E-state index contributed by atoms with van der Waals surface area (Å²) < 4.78 is 13.4. The average Bonchev–Trinajstić information content (AvgIpc) is 3.13. The number of rotatable bonds is 7. The van der Waals surface area contributed by atoms with Crippen LogP contribution in [-0.2, 0) is 17.9 Å². The zero-order valence-corrected chi connectivity index (χ0v) is 19.0. The number of pyridine rings is 2. The van der Waals surface area contributed by atoms with E-state index in [1.807, 2.05) is 41.8 Å². The van der Waals surface area contributed by atoms with Crippen LogP contribution in [0.5, 0.6) is 5.75 Å². The molecule has 3 heterocycles. The van der Waals surface area contributed by atoms with Crippen LogP contribution in [0.1, 0.15) is 32.2 Å². The highest BCUT2D eigenvalue weighted by atomic mass is 16.5. The van der Waals surface area contributed by atoms with Crippen molar-refractivity contribution in [2.75, 3.05) is 18.9 Å². The van der Waals surface area contributed by atoms with Gasteiger partial charge in [-0.05, 0) is 45.0 Å². The molecule has 0 aliphatic carbocycles. The molecule has 0 aliphatic heterocycles. The van der Waals surface area contributed by atoms with Gasteiger partial charge in [-0.2, -0.15) is 0 Å². The van der Waals surface area contributed by atoms with Gasteiger partial charge in [0.2, 0.25) is 0 Å². The number of imidazole rings is 1. The highest BCUT2D eigenvalue weighted by Crippen LogP contribution is 2.32. The van der Waals surface area contributed by atoms with Gasteiger partial charge >= 0.3 is 0 Å². The van der Waals surface area contributed by atoms with Crippen LogP contribution in [0.25, 0.3) is 21.9 Å². The van der Waals surface area contributed by atoms with Crippen molar-refractivity contribution in [3.8, 4) is 17.6 Å². The van der Waals surface area contributed by atoms with E-state index in [1.54, 1.807) is 26.2 Å². The Morgan fingerprint density at radius 2 is 2.06 bits per heavy atom. The van der Waals surface area contributed by atoms with Gasteiger partial charge in [-0.25, -0.2) is 9.97 Å². The highest BCUT2D eigenvalue weighted by Gasteiger charge is 2.22. The number of fused-ring (bicyclic) bond motifs is 3. The summed E-state index contributed by atoms with van der Waals surface area (Å²) >= 11 is 0. The summed E-state index contributed by atoms with van der Waals surface area (Å²) in [5, 5.41) is 11.4. The number of nitrogen functional groups attached to an aromatic ring is 1. The maximum absolute atomic E-state index is 10.5. The Balaban J connectivity index is 1.69. The number of benzene rings is 1. The van der Waals surface area contributed by atoms with Crippen molar-refractivity contribution in [2.24, 2.45) is 0 Å². The molecule has 4 rings (SSSR count). The van der Waals surface area contributed by atoms with E-state index >= 15 is 0 Å². The molecular formula is C25H27N5O3. The first-order valence-electron chi connectivity index (χ1n) is 10.8. The van der Waals surface area contributed by atoms with Crippen LogP contribution in [0.3, 0.4) is 0 Å². The van der Waals surface area contributed by atoms with Gasteiger partial charge in [0, 0.05) is 36.0 Å². The Kier molecular flexibility index (Phi) is 6.45. The monoisotopic (exact) mass is 445 g/mol. The van der Waals surface area contributed by atoms with Crippen molar-refractivity contribution >= 4 is 27.8 Å². The van der Waals surface area contributed by atoms with Crippen LogP contribution in [0.15, 0.2) is 42.7 Å². The normalized spacial score (nSPS) is 11.5. The van der Waals surface area contributed by atoms with Crippen LogP contribution < -0.4 is 10.5 Å². The molecule has 170 valence electrons. The predicted octanol–water partition coefficient (Wildman–Crippen LogP) is 3.30. The van der Waals surface area contributed by atoms with E-state index in [-0.39, 0.29) is 6.61 Å². The van der Waals surface area contributed by atoms with Crippen LogP contribution in [0.2, 0.25) is 0 Å². The van der Waals surface area contributed by atoms with Crippen molar-refractivity contribution < 1.29 is 14.6 Å². The Morgan fingerprint density at radius 1 is 1.21 bits per heavy atom. The number of anilines is 1. The summed E-state index contributed by atoms with van der Waals surface area (Å²) in [6, 6.07) is 9.37. The van der Waals surface area contributed by atoms with Gasteiger partial charge in [-0.3, -0.25) is 4.98 Å². The van der Waals surface area contributed by atoms with Gasteiger partial charge in [-0.15, -0.1) is 0 Å². The molecule has 0 saturated heterocycles. The molecule has 8 nitrogen and oxygen atoms in total. The van der Waals surface area contributed by atoms with E-state index in [2.05, 4.69) is 26.8 Å². The molecule has 0 spiro atoms. The first kappa shape index (κ1) is 22.5.